The Morgan fingerprint density at radius 2 is 2.08 bits per heavy atom. The number of benzene rings is 2. The number of phenols is 1. The number of nitrogens with one attached hydrogen (secondary N) is 3. The van der Waals surface area contributed by atoms with E-state index in [1.165, 1.54) is 0 Å². The van der Waals surface area contributed by atoms with Crippen molar-refractivity contribution in [3.8, 4) is 17.2 Å². The van der Waals surface area contributed by atoms with Gasteiger partial charge >= 0.3 is 0 Å². The molecule has 0 radical (unpaired) electrons. The summed E-state index contributed by atoms with van der Waals surface area (Å²) in [5, 5.41) is 13.2. The van der Waals surface area contributed by atoms with Gasteiger partial charge in [-0.1, -0.05) is 24.3 Å². The average Bonchev–Trinajstić information content (AvgIpc) is 3.30. The van der Waals surface area contributed by atoms with Crippen molar-refractivity contribution in [3.05, 3.63) is 53.1 Å². The molecule has 2 aliphatic rings. The van der Waals surface area contributed by atoms with Gasteiger partial charge in [0.15, 0.2) is 11.5 Å². The second-order valence-electron chi connectivity index (χ2n) is 6.55. The molecule has 2 aromatic rings. The fraction of sp³-hybridized carbons (Fsp3) is 0.316. The van der Waals surface area contributed by atoms with Crippen molar-refractivity contribution in [2.24, 2.45) is 0 Å². The molecule has 0 aromatic heterocycles. The summed E-state index contributed by atoms with van der Waals surface area (Å²) in [6.07, 6.45) is 0.560. The molecule has 7 heteroatoms. The van der Waals surface area contributed by atoms with E-state index in [4.69, 9.17) is 9.47 Å². The van der Waals surface area contributed by atoms with Gasteiger partial charge in [-0.05, 0) is 36.6 Å². The van der Waals surface area contributed by atoms with Crippen molar-refractivity contribution in [2.45, 2.75) is 32.0 Å². The highest BCUT2D eigenvalue weighted by Gasteiger charge is 2.31. The molecule has 26 heavy (non-hydrogen) atoms. The quantitative estimate of drug-likeness (QED) is 0.667. The van der Waals surface area contributed by atoms with Gasteiger partial charge in [-0.25, -0.2) is 10.9 Å². The first kappa shape index (κ1) is 16.7. The molecular weight excluding hydrogens is 334 g/mol. The summed E-state index contributed by atoms with van der Waals surface area (Å²) in [6, 6.07) is 10.8. The Morgan fingerprint density at radius 3 is 2.96 bits per heavy atom. The van der Waals surface area contributed by atoms with E-state index >= 15 is 0 Å². The molecule has 4 rings (SSSR count). The molecule has 4 N–H and O–H groups in total. The molecule has 2 atom stereocenters. The summed E-state index contributed by atoms with van der Waals surface area (Å²) < 4.78 is 10.6. The molecule has 0 aliphatic carbocycles. The molecule has 136 valence electrons. The number of aromatic hydroxyl groups is 1. The third kappa shape index (κ3) is 3.18. The topological polar surface area (TPSA) is 91.9 Å². The fourth-order valence-corrected chi connectivity index (χ4v) is 3.26. The molecule has 2 unspecified atom stereocenters. The first-order valence-corrected chi connectivity index (χ1v) is 8.57. The predicted octanol–water partition coefficient (Wildman–Crippen LogP) is 1.65. The predicted molar refractivity (Wildman–Crippen MR) is 94.7 cm³/mol. The van der Waals surface area contributed by atoms with Crippen LogP contribution in [0.4, 0.5) is 0 Å². The van der Waals surface area contributed by atoms with Crippen LogP contribution in [0, 0.1) is 6.92 Å². The number of aryl methyl sites for hydroxylation is 1. The Hall–Kier alpha value is -2.77. The van der Waals surface area contributed by atoms with Crippen LogP contribution in [0.25, 0.3) is 0 Å². The van der Waals surface area contributed by atoms with Crippen LogP contribution < -0.4 is 25.6 Å². The summed E-state index contributed by atoms with van der Waals surface area (Å²) in [5.74, 6) is 1.60. The lowest BCUT2D eigenvalue weighted by Gasteiger charge is -2.13. The highest BCUT2D eigenvalue weighted by atomic mass is 16.7. The van der Waals surface area contributed by atoms with Crippen molar-refractivity contribution in [3.63, 3.8) is 0 Å². The third-order valence-corrected chi connectivity index (χ3v) is 4.77. The lowest BCUT2D eigenvalue weighted by molar-refractivity contribution is -0.123. The molecule has 1 fully saturated rings. The molecule has 1 amide bonds. The van der Waals surface area contributed by atoms with Crippen molar-refractivity contribution >= 4 is 5.91 Å². The van der Waals surface area contributed by atoms with Crippen molar-refractivity contribution < 1.29 is 19.4 Å². The van der Waals surface area contributed by atoms with Crippen LogP contribution in [0.1, 0.15) is 29.2 Å². The van der Waals surface area contributed by atoms with Crippen LogP contribution >= 0.6 is 0 Å². The number of rotatable bonds is 4. The lowest BCUT2D eigenvalue weighted by atomic mass is 9.99. The Morgan fingerprint density at radius 1 is 1.23 bits per heavy atom. The van der Waals surface area contributed by atoms with Crippen molar-refractivity contribution in [1.82, 2.24) is 16.2 Å². The minimum Gasteiger partial charge on any atom is -0.507 e. The zero-order valence-electron chi connectivity index (χ0n) is 14.4. The van der Waals surface area contributed by atoms with E-state index in [1.807, 2.05) is 43.3 Å². The number of para-hydroxylation sites is 1. The van der Waals surface area contributed by atoms with Crippen LogP contribution in [0.3, 0.4) is 0 Å². The number of fused-ring (bicyclic) bond motifs is 1. The van der Waals surface area contributed by atoms with Gasteiger partial charge in [0, 0.05) is 12.1 Å². The largest absolute Gasteiger partial charge is 0.507 e. The zero-order chi connectivity index (χ0) is 18.1. The standard InChI is InChI=1S/C19H21N3O4/c1-11-3-2-4-13(18(11)23)14-8-15(22-21-14)19(24)20-9-12-5-6-16-17(7-12)26-10-25-16/h2-7,14-15,21-23H,8-10H2,1H3,(H,20,24). The highest BCUT2D eigenvalue weighted by Crippen LogP contribution is 2.33. The van der Waals surface area contributed by atoms with Crippen LogP contribution in [-0.4, -0.2) is 23.8 Å². The number of phenolic OH excluding ortho intramolecular Hbond substituents is 1. The average molecular weight is 355 g/mol. The molecular formula is C19H21N3O4. The van der Waals surface area contributed by atoms with E-state index in [0.717, 1.165) is 22.4 Å². The molecule has 7 nitrogen and oxygen atoms in total. The van der Waals surface area contributed by atoms with Crippen molar-refractivity contribution in [2.75, 3.05) is 6.79 Å². The van der Waals surface area contributed by atoms with Gasteiger partial charge in [0.1, 0.15) is 11.8 Å². The molecule has 1 saturated heterocycles. The SMILES string of the molecule is Cc1cccc(C2CC(C(=O)NCc3ccc4c(c3)OCO4)NN2)c1O. The first-order chi connectivity index (χ1) is 12.6. The second kappa shape index (κ2) is 6.86. The lowest BCUT2D eigenvalue weighted by Crippen LogP contribution is -2.42. The Bertz CT molecular complexity index is 840. The number of hydrogen-bond acceptors (Lipinski definition) is 6. The zero-order valence-corrected chi connectivity index (χ0v) is 14.4. The van der Waals surface area contributed by atoms with Gasteiger partial charge in [-0.2, -0.15) is 0 Å². The normalized spacial score (nSPS) is 21.0. The second-order valence-corrected chi connectivity index (χ2v) is 6.55. The molecule has 0 saturated carbocycles. The van der Waals surface area contributed by atoms with E-state index in [1.54, 1.807) is 0 Å². The summed E-state index contributed by atoms with van der Waals surface area (Å²) in [7, 11) is 0. The number of carbonyl (C=O) groups excluding carboxylic acids is 1. The van der Waals surface area contributed by atoms with Crippen molar-refractivity contribution in [1.29, 1.82) is 0 Å². The maximum Gasteiger partial charge on any atom is 0.238 e. The van der Waals surface area contributed by atoms with Gasteiger partial charge < -0.3 is 19.9 Å². The minimum absolute atomic E-state index is 0.0928. The Kier molecular flexibility index (Phi) is 4.40. The molecule has 0 spiro atoms. The number of carbonyl (C=O) groups is 1. The van der Waals surface area contributed by atoms with E-state index in [0.29, 0.717) is 18.7 Å². The Labute approximate surface area is 151 Å². The molecule has 0 bridgehead atoms. The number of ether oxygens (including phenoxy) is 2. The molecule has 2 heterocycles. The fourth-order valence-electron chi connectivity index (χ4n) is 3.26. The Balaban J connectivity index is 1.35. The van der Waals surface area contributed by atoms with E-state index in [2.05, 4.69) is 16.2 Å². The summed E-state index contributed by atoms with van der Waals surface area (Å²) in [5.41, 5.74) is 8.67. The first-order valence-electron chi connectivity index (χ1n) is 8.57. The van der Waals surface area contributed by atoms with Gasteiger partial charge in [-0.3, -0.25) is 4.79 Å². The maximum atomic E-state index is 12.4. The molecule has 2 aliphatic heterocycles. The molecule has 2 aromatic carbocycles. The van der Waals surface area contributed by atoms with Gasteiger partial charge in [-0.15, -0.1) is 0 Å². The third-order valence-electron chi connectivity index (χ3n) is 4.77. The van der Waals surface area contributed by atoms with Crippen LogP contribution in [0.5, 0.6) is 17.2 Å². The highest BCUT2D eigenvalue weighted by molar-refractivity contribution is 5.82. The summed E-state index contributed by atoms with van der Waals surface area (Å²) in [6.45, 7) is 2.50. The van der Waals surface area contributed by atoms with Crippen LogP contribution in [-0.2, 0) is 11.3 Å². The smallest absolute Gasteiger partial charge is 0.238 e. The number of hydrogen-bond donors (Lipinski definition) is 4. The van der Waals surface area contributed by atoms with Gasteiger partial charge in [0.05, 0.1) is 6.04 Å². The van der Waals surface area contributed by atoms with Crippen LogP contribution in [0.15, 0.2) is 36.4 Å². The number of hydrazine groups is 1. The van der Waals surface area contributed by atoms with E-state index in [9.17, 15) is 9.90 Å². The van der Waals surface area contributed by atoms with Gasteiger partial charge in [0.2, 0.25) is 12.7 Å². The van der Waals surface area contributed by atoms with E-state index in [-0.39, 0.29) is 30.5 Å². The minimum atomic E-state index is -0.367. The summed E-state index contributed by atoms with van der Waals surface area (Å²) in [4.78, 5) is 12.4. The van der Waals surface area contributed by atoms with Gasteiger partial charge in [0.25, 0.3) is 0 Å². The monoisotopic (exact) mass is 355 g/mol. The van der Waals surface area contributed by atoms with E-state index < -0.39 is 0 Å². The number of amides is 1. The summed E-state index contributed by atoms with van der Waals surface area (Å²) >= 11 is 0. The maximum absolute atomic E-state index is 12.4. The van der Waals surface area contributed by atoms with Crippen LogP contribution in [0.2, 0.25) is 0 Å².